The number of carboxylic acid groups (broad SMARTS) is 1. The molecule has 0 aromatic rings. The number of aliphatic carboxylic acids is 1. The molecule has 0 saturated heterocycles. The van der Waals surface area contributed by atoms with Crippen molar-refractivity contribution in [2.45, 2.75) is 80.6 Å². The Hall–Kier alpha value is -1.06. The Morgan fingerprint density at radius 3 is 1.91 bits per heavy atom. The SMILES string of the molecule is CCCCC(CC(=O)O)(CC(C)(C)C)C(=O)OCC(C)(C)C. The van der Waals surface area contributed by atoms with Crippen LogP contribution in [0.25, 0.3) is 0 Å². The normalized spacial score (nSPS) is 15.2. The number of carbonyl (C=O) groups excluding carboxylic acids is 1. The topological polar surface area (TPSA) is 63.6 Å². The number of rotatable bonds is 8. The van der Waals surface area contributed by atoms with E-state index in [1.807, 2.05) is 48.5 Å². The van der Waals surface area contributed by atoms with Crippen molar-refractivity contribution in [2.75, 3.05) is 6.61 Å². The Bertz CT molecular complexity index is 374. The first kappa shape index (κ1) is 20.9. The standard InChI is InChI=1S/C18H34O4/c1-8-9-10-18(11-14(19)20,12-16(2,3)4)15(21)22-13-17(5,6)7/h8-13H2,1-7H3,(H,19,20). The third-order valence-electron chi connectivity index (χ3n) is 3.44. The highest BCUT2D eigenvalue weighted by Gasteiger charge is 2.44. The van der Waals surface area contributed by atoms with Gasteiger partial charge in [-0.2, -0.15) is 0 Å². The minimum Gasteiger partial charge on any atom is -0.481 e. The molecule has 0 fully saturated rings. The van der Waals surface area contributed by atoms with E-state index in [-0.39, 0.29) is 23.2 Å². The zero-order valence-electron chi connectivity index (χ0n) is 15.4. The summed E-state index contributed by atoms with van der Waals surface area (Å²) in [7, 11) is 0. The van der Waals surface area contributed by atoms with Crippen molar-refractivity contribution in [1.82, 2.24) is 0 Å². The average molecular weight is 314 g/mol. The van der Waals surface area contributed by atoms with Gasteiger partial charge < -0.3 is 9.84 Å². The lowest BCUT2D eigenvalue weighted by Crippen LogP contribution is -2.40. The average Bonchev–Trinajstić information content (AvgIpc) is 2.29. The van der Waals surface area contributed by atoms with Gasteiger partial charge in [-0.1, -0.05) is 61.3 Å². The number of carboxylic acids is 1. The zero-order valence-corrected chi connectivity index (χ0v) is 15.4. The van der Waals surface area contributed by atoms with E-state index >= 15 is 0 Å². The number of hydrogen-bond donors (Lipinski definition) is 1. The fraction of sp³-hybridized carbons (Fsp3) is 0.889. The number of unbranched alkanes of at least 4 members (excludes halogenated alkanes) is 1. The summed E-state index contributed by atoms with van der Waals surface area (Å²) in [6, 6.07) is 0. The lowest BCUT2D eigenvalue weighted by atomic mass is 9.69. The molecule has 1 atom stereocenters. The van der Waals surface area contributed by atoms with Gasteiger partial charge >= 0.3 is 11.9 Å². The highest BCUT2D eigenvalue weighted by Crippen LogP contribution is 2.42. The van der Waals surface area contributed by atoms with Crippen molar-refractivity contribution in [2.24, 2.45) is 16.2 Å². The second kappa shape index (κ2) is 7.98. The van der Waals surface area contributed by atoms with Gasteiger partial charge in [-0.25, -0.2) is 0 Å². The summed E-state index contributed by atoms with van der Waals surface area (Å²) in [4.78, 5) is 24.1. The molecule has 0 aliphatic rings. The van der Waals surface area contributed by atoms with E-state index in [9.17, 15) is 14.7 Å². The molecule has 0 aliphatic carbocycles. The van der Waals surface area contributed by atoms with Crippen LogP contribution in [-0.2, 0) is 14.3 Å². The van der Waals surface area contributed by atoms with Crippen LogP contribution >= 0.6 is 0 Å². The van der Waals surface area contributed by atoms with Crippen molar-refractivity contribution in [1.29, 1.82) is 0 Å². The van der Waals surface area contributed by atoms with E-state index in [4.69, 9.17) is 4.74 Å². The van der Waals surface area contributed by atoms with Crippen LogP contribution in [0, 0.1) is 16.2 Å². The van der Waals surface area contributed by atoms with Crippen LogP contribution < -0.4 is 0 Å². The number of ether oxygens (including phenoxy) is 1. The number of esters is 1. The first-order valence-electron chi connectivity index (χ1n) is 8.20. The molecule has 0 aliphatic heterocycles. The van der Waals surface area contributed by atoms with E-state index in [0.717, 1.165) is 12.8 Å². The van der Waals surface area contributed by atoms with Gasteiger partial charge in [-0.15, -0.1) is 0 Å². The molecule has 0 bridgehead atoms. The molecule has 22 heavy (non-hydrogen) atoms. The molecule has 0 saturated carbocycles. The molecule has 0 spiro atoms. The molecule has 0 heterocycles. The van der Waals surface area contributed by atoms with Crippen molar-refractivity contribution < 1.29 is 19.4 Å². The highest BCUT2D eigenvalue weighted by molar-refractivity contribution is 5.83. The van der Waals surface area contributed by atoms with Crippen molar-refractivity contribution >= 4 is 11.9 Å². The molecule has 4 nitrogen and oxygen atoms in total. The van der Waals surface area contributed by atoms with Crippen LogP contribution in [0.5, 0.6) is 0 Å². The highest BCUT2D eigenvalue weighted by atomic mass is 16.5. The summed E-state index contributed by atoms with van der Waals surface area (Å²) in [6.45, 7) is 14.4. The van der Waals surface area contributed by atoms with Crippen LogP contribution in [0.15, 0.2) is 0 Å². The summed E-state index contributed by atoms with van der Waals surface area (Å²) in [6.07, 6.45) is 2.69. The largest absolute Gasteiger partial charge is 0.481 e. The van der Waals surface area contributed by atoms with Gasteiger partial charge in [0.15, 0.2) is 0 Å². The molecule has 0 aromatic carbocycles. The second-order valence-corrected chi connectivity index (χ2v) is 8.83. The first-order chi connectivity index (χ1) is 9.81. The minimum atomic E-state index is -0.937. The van der Waals surface area contributed by atoms with E-state index in [1.54, 1.807) is 0 Å². The molecule has 0 amide bonds. The van der Waals surface area contributed by atoms with Crippen molar-refractivity contribution in [3.8, 4) is 0 Å². The Morgan fingerprint density at radius 1 is 1.00 bits per heavy atom. The Morgan fingerprint density at radius 2 is 1.55 bits per heavy atom. The molecular weight excluding hydrogens is 280 g/mol. The lowest BCUT2D eigenvalue weighted by molar-refractivity contribution is -0.166. The van der Waals surface area contributed by atoms with Gasteiger partial charge in [-0.3, -0.25) is 9.59 Å². The van der Waals surface area contributed by atoms with Gasteiger partial charge in [-0.05, 0) is 23.7 Å². The van der Waals surface area contributed by atoms with Gasteiger partial charge in [0.1, 0.15) is 0 Å². The maximum absolute atomic E-state index is 12.7. The van der Waals surface area contributed by atoms with E-state index in [2.05, 4.69) is 0 Å². The van der Waals surface area contributed by atoms with Crippen LogP contribution in [0.1, 0.15) is 80.6 Å². The number of carbonyl (C=O) groups is 2. The summed E-state index contributed by atoms with van der Waals surface area (Å²) < 4.78 is 5.51. The van der Waals surface area contributed by atoms with Crippen molar-refractivity contribution in [3.63, 3.8) is 0 Å². The van der Waals surface area contributed by atoms with E-state index in [1.165, 1.54) is 0 Å². The third kappa shape index (κ3) is 8.40. The van der Waals surface area contributed by atoms with Crippen molar-refractivity contribution in [3.05, 3.63) is 0 Å². The predicted octanol–water partition coefficient (Wildman–Crippen LogP) is 4.66. The second-order valence-electron chi connectivity index (χ2n) is 8.83. The summed E-state index contributed by atoms with van der Waals surface area (Å²) in [5, 5.41) is 9.31. The van der Waals surface area contributed by atoms with Crippen LogP contribution in [0.2, 0.25) is 0 Å². The molecule has 4 heteroatoms. The molecule has 0 rings (SSSR count). The molecule has 130 valence electrons. The summed E-state index contributed by atoms with van der Waals surface area (Å²) >= 11 is 0. The molecule has 1 unspecified atom stereocenters. The number of hydrogen-bond acceptors (Lipinski definition) is 3. The van der Waals surface area contributed by atoms with Gasteiger partial charge in [0, 0.05) is 0 Å². The smallest absolute Gasteiger partial charge is 0.312 e. The molecule has 0 radical (unpaired) electrons. The fourth-order valence-corrected chi connectivity index (χ4v) is 2.74. The van der Waals surface area contributed by atoms with E-state index in [0.29, 0.717) is 19.4 Å². The minimum absolute atomic E-state index is 0.128. The third-order valence-corrected chi connectivity index (χ3v) is 3.44. The molecule has 1 N–H and O–H groups in total. The Labute approximate surface area is 135 Å². The fourth-order valence-electron chi connectivity index (χ4n) is 2.74. The van der Waals surface area contributed by atoms with Gasteiger partial charge in [0.2, 0.25) is 0 Å². The monoisotopic (exact) mass is 314 g/mol. The maximum Gasteiger partial charge on any atom is 0.312 e. The first-order valence-corrected chi connectivity index (χ1v) is 8.20. The van der Waals surface area contributed by atoms with E-state index < -0.39 is 11.4 Å². The summed E-state index contributed by atoms with van der Waals surface area (Å²) in [5.41, 5.74) is -1.19. The maximum atomic E-state index is 12.7. The Balaban J connectivity index is 5.38. The Kier molecular flexibility index (Phi) is 7.60. The zero-order chi connectivity index (χ0) is 17.6. The molecule has 0 aromatic heterocycles. The van der Waals surface area contributed by atoms with Crippen LogP contribution in [-0.4, -0.2) is 23.7 Å². The quantitative estimate of drug-likeness (QED) is 0.662. The predicted molar refractivity (Wildman–Crippen MR) is 88.7 cm³/mol. The van der Waals surface area contributed by atoms with Gasteiger partial charge in [0.25, 0.3) is 0 Å². The molecular formula is C18H34O4. The van der Waals surface area contributed by atoms with Crippen LogP contribution in [0.3, 0.4) is 0 Å². The lowest BCUT2D eigenvalue weighted by Gasteiger charge is -2.36. The summed E-state index contributed by atoms with van der Waals surface area (Å²) in [5.74, 6) is -1.29. The van der Waals surface area contributed by atoms with Crippen LogP contribution in [0.4, 0.5) is 0 Å². The van der Waals surface area contributed by atoms with Gasteiger partial charge in [0.05, 0.1) is 18.4 Å².